The number of rotatable bonds is 78. The molecular weight excluding hydrogens is 1300 g/mol. The van der Waals surface area contributed by atoms with Gasteiger partial charge in [0.2, 0.25) is 0 Å². The van der Waals surface area contributed by atoms with Gasteiger partial charge in [0.15, 0.2) is 12.4 Å². The number of nitrogens with zero attached hydrogens (tertiary/aromatic N) is 1. The molecule has 0 spiro atoms. The summed E-state index contributed by atoms with van der Waals surface area (Å²) in [4.78, 5) is 37.6. The van der Waals surface area contributed by atoms with Crippen LogP contribution in [-0.2, 0) is 33.3 Å². The van der Waals surface area contributed by atoms with Gasteiger partial charge < -0.3 is 33.3 Å². The summed E-state index contributed by atoms with van der Waals surface area (Å²) in [6.07, 6.45) is 125. The van der Waals surface area contributed by atoms with Gasteiger partial charge in [-0.15, -0.1) is 0 Å². The number of carbonyl (C=O) groups excluding carboxylic acids is 3. The van der Waals surface area contributed by atoms with Gasteiger partial charge in [-0.3, -0.25) is 9.59 Å². The first-order chi connectivity index (χ1) is 51.6. The molecule has 0 aromatic rings. The zero-order chi connectivity index (χ0) is 76.0. The van der Waals surface area contributed by atoms with E-state index in [2.05, 4.69) is 196 Å². The lowest BCUT2D eigenvalue weighted by molar-refractivity contribution is -0.870. The van der Waals surface area contributed by atoms with Gasteiger partial charge in [-0.2, -0.15) is 0 Å². The Labute approximate surface area is 647 Å². The monoisotopic (exact) mass is 1450 g/mol. The first-order valence-corrected chi connectivity index (χ1v) is 42.9. The minimum Gasteiger partial charge on any atom is -0.545 e. The van der Waals surface area contributed by atoms with Gasteiger partial charge in [0.1, 0.15) is 13.2 Å². The van der Waals surface area contributed by atoms with E-state index in [0.717, 1.165) is 122 Å². The van der Waals surface area contributed by atoms with Crippen LogP contribution in [0.5, 0.6) is 0 Å². The standard InChI is InChI=1S/C96H159NO8/c1-6-8-10-12-14-16-18-20-22-24-26-28-30-32-34-36-38-40-42-44-46-47-49-50-52-54-56-58-60-62-64-66-68-70-72-74-76-78-80-82-84-86-93(98)103-90-92(91-104-96(95(100)101)102-89-88-97(3,4)5)105-94(99)87-85-83-81-79-77-75-73-71-69-67-65-63-61-59-57-55-53-51-48-45-43-41-39-37-35-33-31-29-27-25-23-21-19-17-15-13-11-9-7-2/h9,11,15,17-18,20-21,23-24,26-27,29-30,32-33,35,39,41,45,48,53,55,59,61,65,67,71,73,77,79,92,96H,6-8,10,12-14,16,19,22,25,28,31,34,36-38,40,42-44,46-47,49-52,54,56-58,60,62-64,66,68-70,72,74-76,78,80-91H2,1-5H3/b11-9-,17-15-,20-18-,23-21-,26-24-,29-27-,32-30-,35-33-,41-39-,48-45-,55-53-,61-59-,67-65-,73-71-,79-77-. The summed E-state index contributed by atoms with van der Waals surface area (Å²) in [6.45, 7) is 4.58. The Morgan fingerprint density at radius 3 is 0.829 bits per heavy atom. The maximum absolute atomic E-state index is 13.0. The zero-order valence-electron chi connectivity index (χ0n) is 68.3. The fourth-order valence-corrected chi connectivity index (χ4v) is 11.6. The molecule has 9 heteroatoms. The molecule has 105 heavy (non-hydrogen) atoms. The third-order valence-corrected chi connectivity index (χ3v) is 18.1. The van der Waals surface area contributed by atoms with Crippen molar-refractivity contribution in [1.29, 1.82) is 0 Å². The lowest BCUT2D eigenvalue weighted by atomic mass is 10.0. The van der Waals surface area contributed by atoms with Gasteiger partial charge in [0.05, 0.1) is 40.3 Å². The molecule has 0 heterocycles. The number of ether oxygens (including phenoxy) is 4. The largest absolute Gasteiger partial charge is 0.545 e. The number of carboxylic acids is 1. The molecule has 0 aromatic heterocycles. The second-order valence-electron chi connectivity index (χ2n) is 29.4. The molecule has 0 saturated carbocycles. The number of carboxylic acid groups (broad SMARTS) is 1. The molecule has 0 aliphatic carbocycles. The molecule has 9 nitrogen and oxygen atoms in total. The van der Waals surface area contributed by atoms with Gasteiger partial charge in [-0.05, 0) is 141 Å². The summed E-state index contributed by atoms with van der Waals surface area (Å²) in [6, 6.07) is 0. The van der Waals surface area contributed by atoms with Crippen molar-refractivity contribution in [2.45, 2.75) is 360 Å². The van der Waals surface area contributed by atoms with E-state index in [1.165, 1.54) is 193 Å². The molecule has 0 fully saturated rings. The quantitative estimate of drug-likeness (QED) is 0.0195. The SMILES string of the molecule is CC/C=C\C/C=C\C/C=C\C/C=C\C/C=C\C/C=C\C/C=C\C/C=C\C/C=C\C/C=C\C/C=C\C/C=C\CCCCC(=O)OC(COC(=O)CCCCCCCCCCCCCCCCCCCCCCCCCCCC/C=C\C/C=C\C/C=C\CCCCCCC)COC(OCC[N+](C)(C)C)C(=O)[O-]. The Balaban J connectivity index is 4.10. The Morgan fingerprint density at radius 2 is 0.543 bits per heavy atom. The summed E-state index contributed by atoms with van der Waals surface area (Å²) in [5.74, 6) is -2.35. The first-order valence-electron chi connectivity index (χ1n) is 42.9. The number of hydrogen-bond acceptors (Lipinski definition) is 8. The Morgan fingerprint density at radius 1 is 0.295 bits per heavy atom. The van der Waals surface area contributed by atoms with E-state index < -0.39 is 24.3 Å². The van der Waals surface area contributed by atoms with Gasteiger partial charge in [-0.1, -0.05) is 376 Å². The maximum Gasteiger partial charge on any atom is 0.306 e. The number of unbranched alkanes of at least 4 members (excludes halogenated alkanes) is 33. The molecule has 0 N–H and O–H groups in total. The topological polar surface area (TPSA) is 111 Å². The van der Waals surface area contributed by atoms with Crippen LogP contribution in [0.15, 0.2) is 182 Å². The van der Waals surface area contributed by atoms with Gasteiger partial charge in [-0.25, -0.2) is 0 Å². The van der Waals surface area contributed by atoms with E-state index in [9.17, 15) is 19.5 Å². The highest BCUT2D eigenvalue weighted by Gasteiger charge is 2.22. The highest BCUT2D eigenvalue weighted by atomic mass is 16.7. The third kappa shape index (κ3) is 85.5. The molecule has 0 aliphatic rings. The van der Waals surface area contributed by atoms with Crippen molar-refractivity contribution in [2.75, 3.05) is 47.5 Å². The van der Waals surface area contributed by atoms with Crippen molar-refractivity contribution in [2.24, 2.45) is 0 Å². The minimum absolute atomic E-state index is 0.131. The summed E-state index contributed by atoms with van der Waals surface area (Å²) >= 11 is 0. The Hall–Kier alpha value is -5.61. The van der Waals surface area contributed by atoms with Crippen LogP contribution >= 0.6 is 0 Å². The molecule has 0 radical (unpaired) electrons. The fraction of sp³-hybridized carbons (Fsp3) is 0.656. The number of esters is 2. The van der Waals surface area contributed by atoms with E-state index in [0.29, 0.717) is 17.4 Å². The smallest absolute Gasteiger partial charge is 0.306 e. The molecule has 0 aliphatic heterocycles. The highest BCUT2D eigenvalue weighted by Crippen LogP contribution is 2.18. The predicted octanol–water partition coefficient (Wildman–Crippen LogP) is 26.9. The number of quaternary nitrogens is 1. The van der Waals surface area contributed by atoms with Crippen LogP contribution < -0.4 is 5.11 Å². The average molecular weight is 1460 g/mol. The Kier molecular flexibility index (Phi) is 79.5. The van der Waals surface area contributed by atoms with E-state index in [4.69, 9.17) is 18.9 Å². The fourth-order valence-electron chi connectivity index (χ4n) is 11.6. The van der Waals surface area contributed by atoms with Crippen molar-refractivity contribution in [3.63, 3.8) is 0 Å². The highest BCUT2D eigenvalue weighted by molar-refractivity contribution is 5.70. The average Bonchev–Trinajstić information content (AvgIpc) is 1.97. The maximum atomic E-state index is 13.0. The molecule has 2 unspecified atom stereocenters. The van der Waals surface area contributed by atoms with Crippen molar-refractivity contribution in [3.8, 4) is 0 Å². The molecule has 2 atom stereocenters. The summed E-state index contributed by atoms with van der Waals surface area (Å²) < 4.78 is 22.8. The molecule has 0 aromatic carbocycles. The predicted molar refractivity (Wildman–Crippen MR) is 453 cm³/mol. The molecular formula is C96H159NO8. The van der Waals surface area contributed by atoms with E-state index in [1.54, 1.807) is 0 Å². The van der Waals surface area contributed by atoms with Gasteiger partial charge in [0, 0.05) is 12.8 Å². The van der Waals surface area contributed by atoms with Gasteiger partial charge >= 0.3 is 11.9 Å². The molecule has 0 rings (SSSR count). The first kappa shape index (κ1) is 99.4. The molecule has 0 saturated heterocycles. The zero-order valence-corrected chi connectivity index (χ0v) is 68.3. The van der Waals surface area contributed by atoms with Crippen LogP contribution in [0.4, 0.5) is 0 Å². The summed E-state index contributed by atoms with van der Waals surface area (Å²) in [5.41, 5.74) is 0. The Bertz CT molecular complexity index is 2400. The second-order valence-corrected chi connectivity index (χ2v) is 29.4. The number of aliphatic carboxylic acids is 1. The van der Waals surface area contributed by atoms with Crippen molar-refractivity contribution in [3.05, 3.63) is 182 Å². The molecule has 596 valence electrons. The van der Waals surface area contributed by atoms with Crippen molar-refractivity contribution >= 4 is 17.9 Å². The molecule has 0 bridgehead atoms. The van der Waals surface area contributed by atoms with Crippen molar-refractivity contribution in [1.82, 2.24) is 0 Å². The van der Waals surface area contributed by atoms with E-state index in [1.807, 2.05) is 21.1 Å². The normalized spacial score (nSPS) is 13.6. The number of allylic oxidation sites excluding steroid dienone is 30. The summed E-state index contributed by atoms with van der Waals surface area (Å²) in [7, 11) is 5.92. The lowest BCUT2D eigenvalue weighted by Gasteiger charge is -2.26. The van der Waals surface area contributed by atoms with Gasteiger partial charge in [0.25, 0.3) is 0 Å². The number of hydrogen-bond donors (Lipinski definition) is 0. The van der Waals surface area contributed by atoms with E-state index >= 15 is 0 Å². The number of likely N-dealkylation sites (N-methyl/N-ethyl adjacent to an activating group) is 1. The van der Waals surface area contributed by atoms with Crippen LogP contribution in [0.25, 0.3) is 0 Å². The second kappa shape index (κ2) is 84.0. The molecule has 0 amide bonds. The van der Waals surface area contributed by atoms with Crippen molar-refractivity contribution < 1.29 is 42.9 Å². The minimum atomic E-state index is -1.65. The van der Waals surface area contributed by atoms with Crippen LogP contribution in [0.3, 0.4) is 0 Å². The third-order valence-electron chi connectivity index (χ3n) is 18.1. The number of carbonyl (C=O) groups is 3. The van der Waals surface area contributed by atoms with Crippen LogP contribution in [0.1, 0.15) is 348 Å². The van der Waals surface area contributed by atoms with Crippen LogP contribution in [-0.4, -0.2) is 82.3 Å². The lowest BCUT2D eigenvalue weighted by Crippen LogP contribution is -2.44. The summed E-state index contributed by atoms with van der Waals surface area (Å²) in [5, 5.41) is 11.9. The van der Waals surface area contributed by atoms with Crippen LogP contribution in [0, 0.1) is 0 Å². The van der Waals surface area contributed by atoms with E-state index in [-0.39, 0.29) is 38.6 Å². The van der Waals surface area contributed by atoms with Crippen LogP contribution in [0.2, 0.25) is 0 Å².